The molecule has 2 saturated heterocycles. The van der Waals surface area contributed by atoms with E-state index >= 15 is 4.39 Å². The average molecular weight is 498 g/mol. The summed E-state index contributed by atoms with van der Waals surface area (Å²) in [5, 5.41) is 13.1. The highest BCUT2D eigenvalue weighted by Gasteiger charge is 2.56. The van der Waals surface area contributed by atoms with E-state index in [0.29, 0.717) is 0 Å². The molecule has 0 amide bonds. The second-order valence-electron chi connectivity index (χ2n) is 8.00. The van der Waals surface area contributed by atoms with Crippen LogP contribution in [0, 0.1) is 0 Å². The molecule has 3 heterocycles. The number of halogens is 1. The van der Waals surface area contributed by atoms with Gasteiger partial charge in [-0.1, -0.05) is 18.2 Å². The maximum absolute atomic E-state index is 15.4. The van der Waals surface area contributed by atoms with E-state index in [1.54, 1.807) is 18.2 Å². The molecule has 6 atom stereocenters. The van der Waals surface area contributed by atoms with Crippen molar-refractivity contribution in [3.8, 4) is 5.75 Å². The number of carbonyl (C=O) groups excluding carboxylic acids is 1. The average Bonchev–Trinajstić information content (AvgIpc) is 3.28. The molecular weight excluding hydrogens is 474 g/mol. The predicted octanol–water partition coefficient (Wildman–Crippen LogP) is 0.921. The summed E-state index contributed by atoms with van der Waals surface area (Å²) in [5.74, 6) is -0.495. The Hall–Kier alpha value is -2.83. The molecule has 34 heavy (non-hydrogen) atoms. The summed E-state index contributed by atoms with van der Waals surface area (Å²) in [7, 11) is -4.22. The molecule has 0 saturated carbocycles. The molecular formula is C20H24FN4O8P. The molecule has 12 nitrogen and oxygen atoms in total. The number of hydrogen-bond donors (Lipinski definition) is 3. The Morgan fingerprint density at radius 1 is 1.35 bits per heavy atom. The number of nitrogen functional groups attached to an aromatic ring is 1. The van der Waals surface area contributed by atoms with Gasteiger partial charge in [-0.05, 0) is 25.1 Å². The maximum Gasteiger partial charge on any atom is 0.459 e. The summed E-state index contributed by atoms with van der Waals surface area (Å²) in [5.41, 5.74) is 2.17. The summed E-state index contributed by atoms with van der Waals surface area (Å²) in [6.07, 6.45) is -3.22. The Morgan fingerprint density at radius 3 is 2.74 bits per heavy atom. The van der Waals surface area contributed by atoms with Crippen molar-refractivity contribution in [2.24, 2.45) is 0 Å². The molecule has 0 spiro atoms. The Balaban J connectivity index is 1.52. The van der Waals surface area contributed by atoms with Gasteiger partial charge in [-0.2, -0.15) is 10.1 Å². The quantitative estimate of drug-likeness (QED) is 0.350. The first-order chi connectivity index (χ1) is 16.1. The molecule has 2 aliphatic rings. The minimum Gasteiger partial charge on any atom is -0.464 e. The molecule has 0 bridgehead atoms. The maximum atomic E-state index is 15.4. The van der Waals surface area contributed by atoms with Crippen molar-refractivity contribution in [3.63, 3.8) is 0 Å². The van der Waals surface area contributed by atoms with Gasteiger partial charge >= 0.3 is 19.4 Å². The van der Waals surface area contributed by atoms with Crippen LogP contribution < -0.4 is 21.0 Å². The van der Waals surface area contributed by atoms with Crippen LogP contribution in [0.4, 0.5) is 10.2 Å². The number of benzene rings is 1. The number of alkyl halides is 1. The lowest BCUT2D eigenvalue weighted by molar-refractivity contribution is -0.139. The largest absolute Gasteiger partial charge is 0.464 e. The van der Waals surface area contributed by atoms with Crippen molar-refractivity contribution in [1.29, 1.82) is 0 Å². The van der Waals surface area contributed by atoms with Crippen molar-refractivity contribution >= 4 is 19.5 Å². The first-order valence-electron chi connectivity index (χ1n) is 10.4. The monoisotopic (exact) mass is 498 g/mol. The van der Waals surface area contributed by atoms with E-state index in [-0.39, 0.29) is 24.6 Å². The Labute approximate surface area is 193 Å². The molecule has 14 heteroatoms. The highest BCUT2D eigenvalue weighted by molar-refractivity contribution is 7.52. The number of aromatic nitrogens is 2. The van der Waals surface area contributed by atoms with Crippen LogP contribution in [0.2, 0.25) is 0 Å². The van der Waals surface area contributed by atoms with Crippen molar-refractivity contribution in [2.45, 2.75) is 43.5 Å². The van der Waals surface area contributed by atoms with E-state index in [4.69, 9.17) is 24.3 Å². The zero-order valence-corrected chi connectivity index (χ0v) is 19.0. The van der Waals surface area contributed by atoms with Crippen LogP contribution in [-0.4, -0.2) is 57.8 Å². The highest BCUT2D eigenvalue weighted by Crippen LogP contribution is 2.48. The minimum absolute atomic E-state index is 0.0595. The lowest BCUT2D eigenvalue weighted by atomic mass is 9.98. The van der Waals surface area contributed by atoms with E-state index in [0.717, 1.165) is 11.5 Å². The number of para-hydroxylation sites is 1. The van der Waals surface area contributed by atoms with E-state index in [2.05, 4.69) is 10.1 Å². The molecule has 2 aliphatic heterocycles. The second-order valence-corrected chi connectivity index (χ2v) is 9.69. The lowest BCUT2D eigenvalue weighted by Gasteiger charge is -2.25. The third kappa shape index (κ3) is 4.98. The number of nitrogens with two attached hydrogens (primary N) is 1. The summed E-state index contributed by atoms with van der Waals surface area (Å²) >= 11 is 0. The van der Waals surface area contributed by atoms with E-state index in [9.17, 15) is 19.3 Å². The third-order valence-electron chi connectivity index (χ3n) is 5.45. The molecule has 1 aromatic carbocycles. The normalized spacial score (nSPS) is 30.6. The van der Waals surface area contributed by atoms with Crippen molar-refractivity contribution in [1.82, 2.24) is 14.6 Å². The minimum atomic E-state index is -4.22. The fourth-order valence-corrected chi connectivity index (χ4v) is 5.18. The van der Waals surface area contributed by atoms with Gasteiger partial charge in [0.15, 0.2) is 11.9 Å². The number of aliphatic hydroxyl groups is 1. The van der Waals surface area contributed by atoms with Crippen LogP contribution in [-0.2, 0) is 23.4 Å². The molecule has 0 radical (unpaired) electrons. The summed E-state index contributed by atoms with van der Waals surface area (Å²) in [4.78, 5) is 27.6. The van der Waals surface area contributed by atoms with Gasteiger partial charge < -0.3 is 24.8 Å². The van der Waals surface area contributed by atoms with Crippen LogP contribution in [0.3, 0.4) is 0 Å². The number of anilines is 1. The Kier molecular flexibility index (Phi) is 6.74. The third-order valence-corrected chi connectivity index (χ3v) is 7.02. The lowest BCUT2D eigenvalue weighted by Crippen LogP contribution is -2.43. The van der Waals surface area contributed by atoms with Gasteiger partial charge in [-0.15, -0.1) is 0 Å². The molecule has 2 aromatic rings. The van der Waals surface area contributed by atoms with Gasteiger partial charge in [0.2, 0.25) is 0 Å². The number of carbonyl (C=O) groups is 1. The first kappa shape index (κ1) is 24.3. The van der Waals surface area contributed by atoms with Crippen LogP contribution in [0.15, 0.2) is 47.4 Å². The van der Waals surface area contributed by atoms with Gasteiger partial charge in [-0.3, -0.25) is 13.9 Å². The molecule has 2 fully saturated rings. The summed E-state index contributed by atoms with van der Waals surface area (Å²) < 4.78 is 51.1. The number of nitrogens with zero attached hydrogens (tertiary/aromatic N) is 2. The smallest absolute Gasteiger partial charge is 0.459 e. The molecule has 4 rings (SSSR count). The number of aliphatic hydroxyl groups excluding tert-OH is 1. The van der Waals surface area contributed by atoms with Gasteiger partial charge in [0.1, 0.15) is 29.8 Å². The number of hydrogen-bond acceptors (Lipinski definition) is 10. The number of ether oxygens (including phenoxy) is 2. The van der Waals surface area contributed by atoms with Crippen molar-refractivity contribution in [2.75, 3.05) is 18.9 Å². The van der Waals surface area contributed by atoms with Gasteiger partial charge in [0.05, 0.1) is 13.2 Å². The van der Waals surface area contributed by atoms with E-state index < -0.39 is 56.2 Å². The zero-order valence-electron chi connectivity index (χ0n) is 18.1. The Bertz CT molecular complexity index is 1150. The second kappa shape index (κ2) is 9.43. The van der Waals surface area contributed by atoms with Gasteiger partial charge in [-0.25, -0.2) is 13.8 Å². The first-order valence-corrected chi connectivity index (χ1v) is 11.9. The highest BCUT2D eigenvalue weighted by atomic mass is 31.2. The SMILES string of the molecule is CC1(F)C(O)C(COP(=O)(NC2CCOC2=O)Oc2ccccc2)OC1n1ccc(N)nc1=O. The molecule has 184 valence electrons. The molecule has 4 N–H and O–H groups in total. The van der Waals surface area contributed by atoms with Crippen LogP contribution in [0.1, 0.15) is 19.6 Å². The van der Waals surface area contributed by atoms with E-state index in [1.165, 1.54) is 24.4 Å². The standard InChI is InChI=1S/C20H24FN4O8P/c1-20(21)16(26)14(32-18(20)25-9-7-15(22)23-19(25)28)11-31-34(29,24-13-8-10-30-17(13)27)33-12-5-3-2-4-6-12/h2-7,9,13-14,16,18,26H,8,10-11H2,1H3,(H,24,29)(H2,22,23,28). The topological polar surface area (TPSA) is 164 Å². The van der Waals surface area contributed by atoms with Crippen LogP contribution in [0.25, 0.3) is 0 Å². The summed E-state index contributed by atoms with van der Waals surface area (Å²) in [6, 6.07) is 8.41. The zero-order chi connectivity index (χ0) is 24.5. The fraction of sp³-hybridized carbons (Fsp3) is 0.450. The fourth-order valence-electron chi connectivity index (χ4n) is 3.64. The predicted molar refractivity (Wildman–Crippen MR) is 115 cm³/mol. The molecule has 6 unspecified atom stereocenters. The van der Waals surface area contributed by atoms with Crippen molar-refractivity contribution in [3.05, 3.63) is 53.1 Å². The molecule has 0 aliphatic carbocycles. The summed E-state index contributed by atoms with van der Waals surface area (Å²) in [6.45, 7) is 0.601. The van der Waals surface area contributed by atoms with Gasteiger partial charge in [0, 0.05) is 12.6 Å². The van der Waals surface area contributed by atoms with Gasteiger partial charge in [0.25, 0.3) is 0 Å². The Morgan fingerprint density at radius 2 is 2.09 bits per heavy atom. The van der Waals surface area contributed by atoms with Crippen LogP contribution >= 0.6 is 7.75 Å². The van der Waals surface area contributed by atoms with Crippen molar-refractivity contribution < 1.29 is 37.4 Å². The number of rotatable bonds is 8. The van der Waals surface area contributed by atoms with Crippen LogP contribution in [0.5, 0.6) is 5.75 Å². The number of esters is 1. The van der Waals surface area contributed by atoms with E-state index in [1.807, 2.05) is 0 Å². The number of cyclic esters (lactones) is 1. The molecule has 1 aromatic heterocycles. The number of nitrogens with one attached hydrogen (secondary N) is 1.